The van der Waals surface area contributed by atoms with Gasteiger partial charge in [0.1, 0.15) is 13.1 Å². The quantitative estimate of drug-likeness (QED) is 0.0634. The number of carbonyl (C=O) groups excluding carboxylic acids is 2. The summed E-state index contributed by atoms with van der Waals surface area (Å²) >= 11 is 0. The van der Waals surface area contributed by atoms with Gasteiger partial charge in [0.05, 0.1) is 28.4 Å². The molecule has 2 amide bonds. The van der Waals surface area contributed by atoms with Gasteiger partial charge < -0.3 is 54.4 Å². The number of carbonyl (C=O) groups is 2. The molecular weight excluding hydrogens is 792 g/mol. The molecule has 14 heteroatoms. The maximum absolute atomic E-state index is 12.4. The van der Waals surface area contributed by atoms with Gasteiger partial charge in [-0.15, -0.1) is 0 Å². The van der Waals surface area contributed by atoms with Crippen molar-refractivity contribution in [2.24, 2.45) is 0 Å². The Kier molecular flexibility index (Phi) is 23.3. The summed E-state index contributed by atoms with van der Waals surface area (Å²) in [6.07, 6.45) is 14.7. The molecule has 0 atom stereocenters. The van der Waals surface area contributed by atoms with Gasteiger partial charge in [0.25, 0.3) is 0 Å². The first-order valence-corrected chi connectivity index (χ1v) is 20.5. The second-order valence-corrected chi connectivity index (χ2v) is 14.8. The summed E-state index contributed by atoms with van der Waals surface area (Å²) in [5, 5.41) is 6.04. The third-order valence-corrected chi connectivity index (χ3v) is 10.8. The fourth-order valence-corrected chi connectivity index (χ4v) is 7.36. The van der Waals surface area contributed by atoms with E-state index in [-0.39, 0.29) is 36.6 Å². The SMILES string of the molecule is COc1ccc(/C=C/c2cccc[n+]2CCCC(=O)NCCSSCCNC(=O)CCC[n+]2ccccc2/C=C/c2ccc(OC)c(OC)c2)cc1OC.[Cl-].[Cl-]. The van der Waals surface area contributed by atoms with E-state index >= 15 is 0 Å². The standard InChI is InChI=1S/C42H50N4O6S2.2ClH/c1-49-37-21-17-33(31-39(37)51-3)15-19-35-11-5-7-25-45(35)27-9-13-41(47)43-23-29-53-54-30-24-44-42(48)14-10-28-46-26-8-6-12-36(46)20-16-34-18-22-38(50-2)40(32-34)52-4;;/h5-8,11-12,15-22,25-26,31-32H,9-10,13-14,23-24,27-30H2,1-4H3;2*1H/b19-15+,20-16+;;. The van der Waals surface area contributed by atoms with Crippen LogP contribution in [-0.2, 0) is 22.7 Å². The van der Waals surface area contributed by atoms with Gasteiger partial charge in [-0.2, -0.15) is 9.13 Å². The maximum atomic E-state index is 12.4. The number of amides is 2. The van der Waals surface area contributed by atoms with Crippen molar-refractivity contribution in [2.45, 2.75) is 38.8 Å². The van der Waals surface area contributed by atoms with Gasteiger partial charge in [0.2, 0.25) is 23.2 Å². The smallest absolute Gasteiger partial charge is 0.220 e. The number of nitrogens with zero attached hydrogens (tertiary/aromatic N) is 2. The van der Waals surface area contributed by atoms with Crippen LogP contribution in [0.15, 0.2) is 85.2 Å². The van der Waals surface area contributed by atoms with Crippen LogP contribution in [0.5, 0.6) is 23.0 Å². The molecule has 56 heavy (non-hydrogen) atoms. The summed E-state index contributed by atoms with van der Waals surface area (Å²) in [7, 11) is 9.91. The summed E-state index contributed by atoms with van der Waals surface area (Å²) in [6.45, 7) is 2.70. The third kappa shape index (κ3) is 16.4. The van der Waals surface area contributed by atoms with Crippen LogP contribution in [-0.4, -0.2) is 64.8 Å². The molecule has 0 saturated carbocycles. The monoisotopic (exact) mass is 842 g/mol. The molecule has 302 valence electrons. The molecule has 0 spiro atoms. The Morgan fingerprint density at radius 1 is 0.571 bits per heavy atom. The van der Waals surface area contributed by atoms with Gasteiger partial charge in [0.15, 0.2) is 35.4 Å². The number of aromatic nitrogens is 2. The average molecular weight is 844 g/mol. The summed E-state index contributed by atoms with van der Waals surface area (Å²) in [5.41, 5.74) is 4.11. The fourth-order valence-electron chi connectivity index (χ4n) is 5.54. The molecule has 2 aromatic carbocycles. The van der Waals surface area contributed by atoms with E-state index in [4.69, 9.17) is 18.9 Å². The molecule has 4 aromatic rings. The van der Waals surface area contributed by atoms with Crippen molar-refractivity contribution in [3.05, 3.63) is 108 Å². The molecule has 0 aliphatic carbocycles. The number of nitrogens with one attached hydrogen (secondary N) is 2. The Labute approximate surface area is 351 Å². The number of hydrogen-bond acceptors (Lipinski definition) is 8. The topological polar surface area (TPSA) is 103 Å². The van der Waals surface area contributed by atoms with Gasteiger partial charge in [0, 0.05) is 86.7 Å². The second kappa shape index (κ2) is 27.3. The van der Waals surface area contributed by atoms with Gasteiger partial charge in [-0.25, -0.2) is 0 Å². The van der Waals surface area contributed by atoms with Crippen LogP contribution in [0.3, 0.4) is 0 Å². The van der Waals surface area contributed by atoms with Gasteiger partial charge in [-0.3, -0.25) is 9.59 Å². The van der Waals surface area contributed by atoms with E-state index in [1.54, 1.807) is 50.0 Å². The molecule has 10 nitrogen and oxygen atoms in total. The van der Waals surface area contributed by atoms with Crippen LogP contribution in [0, 0.1) is 0 Å². The molecule has 0 aliphatic rings. The Morgan fingerprint density at radius 2 is 0.982 bits per heavy atom. The lowest BCUT2D eigenvalue weighted by Gasteiger charge is -2.07. The first-order valence-electron chi connectivity index (χ1n) is 18.0. The average Bonchev–Trinajstić information content (AvgIpc) is 3.20. The predicted octanol–water partition coefficient (Wildman–Crippen LogP) is 0.519. The van der Waals surface area contributed by atoms with E-state index in [0.29, 0.717) is 48.9 Å². The number of hydrogen-bond donors (Lipinski definition) is 2. The van der Waals surface area contributed by atoms with E-state index < -0.39 is 0 Å². The molecule has 0 aliphatic heterocycles. The lowest BCUT2D eigenvalue weighted by Crippen LogP contribution is -3.00. The van der Waals surface area contributed by atoms with Crippen molar-refractivity contribution in [1.29, 1.82) is 0 Å². The summed E-state index contributed by atoms with van der Waals surface area (Å²) in [6, 6.07) is 23.7. The van der Waals surface area contributed by atoms with Crippen LogP contribution in [0.1, 0.15) is 48.2 Å². The molecule has 0 radical (unpaired) electrons. The minimum Gasteiger partial charge on any atom is -1.00 e. The van der Waals surface area contributed by atoms with Crippen LogP contribution in [0.4, 0.5) is 0 Å². The zero-order chi connectivity index (χ0) is 38.4. The number of pyridine rings is 2. The Morgan fingerprint density at radius 3 is 1.38 bits per heavy atom. The minimum atomic E-state index is 0. The normalized spacial score (nSPS) is 10.7. The Hall–Kier alpha value is -4.36. The first-order chi connectivity index (χ1) is 26.4. The second-order valence-electron chi connectivity index (χ2n) is 12.1. The number of rotatable bonds is 23. The predicted molar refractivity (Wildman–Crippen MR) is 220 cm³/mol. The van der Waals surface area contributed by atoms with E-state index in [9.17, 15) is 9.59 Å². The fraction of sp³-hybridized carbons (Fsp3) is 0.333. The number of halogens is 2. The zero-order valence-electron chi connectivity index (χ0n) is 32.4. The van der Waals surface area contributed by atoms with Crippen molar-refractivity contribution in [3.63, 3.8) is 0 Å². The largest absolute Gasteiger partial charge is 1.00 e. The Balaban J connectivity index is 0.00000541. The third-order valence-electron chi connectivity index (χ3n) is 8.36. The molecule has 2 aromatic heterocycles. The van der Waals surface area contributed by atoms with Crippen molar-refractivity contribution >= 4 is 57.7 Å². The molecule has 2 heterocycles. The van der Waals surface area contributed by atoms with Crippen molar-refractivity contribution in [1.82, 2.24) is 10.6 Å². The summed E-state index contributed by atoms with van der Waals surface area (Å²) in [5.74, 6) is 4.49. The van der Waals surface area contributed by atoms with E-state index in [0.717, 1.165) is 60.0 Å². The zero-order valence-corrected chi connectivity index (χ0v) is 35.5. The number of aryl methyl sites for hydroxylation is 2. The lowest BCUT2D eigenvalue weighted by atomic mass is 10.1. The van der Waals surface area contributed by atoms with Crippen LogP contribution < -0.4 is 63.5 Å². The highest BCUT2D eigenvalue weighted by Gasteiger charge is 2.11. The van der Waals surface area contributed by atoms with Crippen molar-refractivity contribution < 1.29 is 62.5 Å². The van der Waals surface area contributed by atoms with Crippen LogP contribution in [0.25, 0.3) is 24.3 Å². The number of benzene rings is 2. The molecule has 0 saturated heterocycles. The highest BCUT2D eigenvalue weighted by molar-refractivity contribution is 8.76. The van der Waals surface area contributed by atoms with E-state index in [2.05, 4.69) is 44.1 Å². The molecule has 0 fully saturated rings. The van der Waals surface area contributed by atoms with Gasteiger partial charge in [-0.1, -0.05) is 33.7 Å². The molecule has 4 rings (SSSR count). The summed E-state index contributed by atoms with van der Waals surface area (Å²) < 4.78 is 25.8. The molecule has 0 unspecified atom stereocenters. The highest BCUT2D eigenvalue weighted by Crippen LogP contribution is 2.29. The molecular formula is C42H52Cl2N4O6S2. The highest BCUT2D eigenvalue weighted by atomic mass is 35.5. The van der Waals surface area contributed by atoms with Gasteiger partial charge >= 0.3 is 0 Å². The maximum Gasteiger partial charge on any atom is 0.220 e. The Bertz CT molecular complexity index is 1730. The molecule has 2 N–H and O–H groups in total. The van der Waals surface area contributed by atoms with Crippen LogP contribution >= 0.6 is 21.6 Å². The number of methoxy groups -OCH3 is 4. The summed E-state index contributed by atoms with van der Waals surface area (Å²) in [4.78, 5) is 24.9. The van der Waals surface area contributed by atoms with Gasteiger partial charge in [-0.05, 0) is 59.7 Å². The van der Waals surface area contributed by atoms with E-state index in [1.807, 2.05) is 85.2 Å². The molecule has 0 bridgehead atoms. The number of ether oxygens (including phenoxy) is 4. The van der Waals surface area contributed by atoms with Crippen molar-refractivity contribution in [3.8, 4) is 23.0 Å². The van der Waals surface area contributed by atoms with E-state index in [1.165, 1.54) is 0 Å². The van der Waals surface area contributed by atoms with Crippen molar-refractivity contribution in [2.75, 3.05) is 53.0 Å². The van der Waals surface area contributed by atoms with Crippen LogP contribution in [0.2, 0.25) is 0 Å². The lowest BCUT2D eigenvalue weighted by molar-refractivity contribution is -0.699. The first kappa shape index (κ1) is 47.8. The minimum absolute atomic E-state index is 0.